The molecule has 1 aliphatic rings. The van der Waals surface area contributed by atoms with Crippen molar-refractivity contribution in [1.29, 1.82) is 0 Å². The van der Waals surface area contributed by atoms with E-state index >= 15 is 0 Å². The summed E-state index contributed by atoms with van der Waals surface area (Å²) < 4.78 is 5.56. The van der Waals surface area contributed by atoms with E-state index in [1.165, 1.54) is 11.3 Å². The summed E-state index contributed by atoms with van der Waals surface area (Å²) in [6.45, 7) is 6.74. The largest absolute Gasteiger partial charge is 0.496 e. The monoisotopic (exact) mass is 366 g/mol. The molecule has 1 aromatic heterocycles. The van der Waals surface area contributed by atoms with E-state index in [2.05, 4.69) is 60.4 Å². The van der Waals surface area contributed by atoms with Gasteiger partial charge in [0.15, 0.2) is 0 Å². The molecule has 0 saturated carbocycles. The molecule has 1 unspecified atom stereocenters. The van der Waals surface area contributed by atoms with E-state index in [1.54, 1.807) is 37.7 Å². The van der Waals surface area contributed by atoms with Gasteiger partial charge in [-0.25, -0.2) is 5.43 Å². The van der Waals surface area contributed by atoms with Crippen molar-refractivity contribution >= 4 is 17.8 Å². The first-order valence-corrected chi connectivity index (χ1v) is 9.03. The average Bonchev–Trinajstić information content (AvgIpc) is 2.66. The third-order valence-electron chi connectivity index (χ3n) is 5.25. The molecular weight excluding hydrogens is 340 g/mol. The van der Waals surface area contributed by atoms with Crippen LogP contribution < -0.4 is 15.1 Å². The van der Waals surface area contributed by atoms with Gasteiger partial charge in [-0.1, -0.05) is 13.0 Å². The maximum absolute atomic E-state index is 12.1. The van der Waals surface area contributed by atoms with E-state index < -0.39 is 0 Å². The molecule has 27 heavy (non-hydrogen) atoms. The molecule has 1 aliphatic heterocycles. The maximum Gasteiger partial charge on any atom is 0.289 e. The fourth-order valence-corrected chi connectivity index (χ4v) is 3.60. The molecule has 1 aromatic carbocycles. The van der Waals surface area contributed by atoms with Gasteiger partial charge in [0.25, 0.3) is 5.91 Å². The van der Waals surface area contributed by atoms with Gasteiger partial charge in [-0.3, -0.25) is 9.78 Å². The molecule has 1 atom stereocenters. The number of carbonyl (C=O) groups is 1. The molecule has 0 bridgehead atoms. The number of aromatic nitrogens is 1. The van der Waals surface area contributed by atoms with Gasteiger partial charge >= 0.3 is 0 Å². The number of ether oxygens (including phenoxy) is 1. The topological polar surface area (TPSA) is 66.8 Å². The van der Waals surface area contributed by atoms with Crippen molar-refractivity contribution in [3.8, 4) is 5.75 Å². The van der Waals surface area contributed by atoms with E-state index in [-0.39, 0.29) is 11.4 Å². The molecule has 1 N–H and O–H groups in total. The van der Waals surface area contributed by atoms with Crippen LogP contribution in [0.4, 0.5) is 5.69 Å². The van der Waals surface area contributed by atoms with Crippen molar-refractivity contribution in [2.45, 2.75) is 38.6 Å². The first-order valence-electron chi connectivity index (χ1n) is 9.03. The number of anilines is 1. The van der Waals surface area contributed by atoms with Gasteiger partial charge in [0.1, 0.15) is 11.4 Å². The SMILES string of the molecule is COc1cc2c(cc1/C=N\NC(=O)c1ccccn1)C(C)CC(C)(C)N2C. The molecule has 0 radical (unpaired) electrons. The molecule has 1 amide bonds. The van der Waals surface area contributed by atoms with Crippen LogP contribution in [0.3, 0.4) is 0 Å². The number of fused-ring (bicyclic) bond motifs is 1. The van der Waals surface area contributed by atoms with Gasteiger partial charge in [-0.2, -0.15) is 5.10 Å². The van der Waals surface area contributed by atoms with E-state index in [1.807, 2.05) is 0 Å². The Kier molecular flexibility index (Phi) is 5.17. The third-order valence-corrected chi connectivity index (χ3v) is 5.25. The second-order valence-corrected chi connectivity index (χ2v) is 7.54. The summed E-state index contributed by atoms with van der Waals surface area (Å²) in [6, 6.07) is 9.31. The quantitative estimate of drug-likeness (QED) is 0.663. The van der Waals surface area contributed by atoms with Crippen LogP contribution in [0, 0.1) is 0 Å². The Morgan fingerprint density at radius 3 is 2.85 bits per heavy atom. The Bertz CT molecular complexity index is 862. The van der Waals surface area contributed by atoms with Crippen LogP contribution in [0.25, 0.3) is 0 Å². The number of nitrogens with zero attached hydrogens (tertiary/aromatic N) is 3. The number of pyridine rings is 1. The number of hydrogen-bond acceptors (Lipinski definition) is 5. The standard InChI is InChI=1S/C21H26N4O2/c1-14-12-21(2,3)25(4)18-11-19(27-5)15(10-16(14)18)13-23-24-20(26)17-8-6-7-9-22-17/h6-11,13-14H,12H2,1-5H3,(H,24,26)/b23-13-. The highest BCUT2D eigenvalue weighted by atomic mass is 16.5. The number of hydrogen-bond donors (Lipinski definition) is 1. The number of methoxy groups -OCH3 is 1. The van der Waals surface area contributed by atoms with Crippen molar-refractivity contribution in [3.63, 3.8) is 0 Å². The van der Waals surface area contributed by atoms with Crippen LogP contribution in [-0.2, 0) is 0 Å². The number of rotatable bonds is 4. The van der Waals surface area contributed by atoms with E-state index in [0.29, 0.717) is 11.6 Å². The van der Waals surface area contributed by atoms with Crippen LogP contribution in [0.1, 0.15) is 54.7 Å². The lowest BCUT2D eigenvalue weighted by atomic mass is 9.80. The lowest BCUT2D eigenvalue weighted by molar-refractivity contribution is 0.0950. The zero-order chi connectivity index (χ0) is 19.6. The molecule has 0 aliphatic carbocycles. The molecular formula is C21H26N4O2. The second kappa shape index (κ2) is 7.39. The fourth-order valence-electron chi connectivity index (χ4n) is 3.60. The predicted octanol–water partition coefficient (Wildman–Crippen LogP) is 3.58. The Morgan fingerprint density at radius 1 is 1.41 bits per heavy atom. The smallest absolute Gasteiger partial charge is 0.289 e. The summed E-state index contributed by atoms with van der Waals surface area (Å²) in [5.74, 6) is 0.798. The normalized spacial score (nSPS) is 18.3. The number of benzene rings is 1. The van der Waals surface area contributed by atoms with Gasteiger partial charge in [0, 0.05) is 36.1 Å². The molecule has 0 saturated heterocycles. The Hall–Kier alpha value is -2.89. The van der Waals surface area contributed by atoms with Gasteiger partial charge in [0.2, 0.25) is 0 Å². The molecule has 6 nitrogen and oxygen atoms in total. The minimum absolute atomic E-state index is 0.0870. The molecule has 6 heteroatoms. The second-order valence-electron chi connectivity index (χ2n) is 7.54. The highest BCUT2D eigenvalue weighted by Crippen LogP contribution is 2.44. The van der Waals surface area contributed by atoms with Gasteiger partial charge in [-0.15, -0.1) is 0 Å². The minimum atomic E-state index is -0.348. The molecule has 3 rings (SSSR count). The number of amides is 1. The first kappa shape index (κ1) is 18.9. The number of nitrogens with one attached hydrogen (secondary N) is 1. The summed E-state index contributed by atoms with van der Waals surface area (Å²) in [5.41, 5.74) is 6.19. The van der Waals surface area contributed by atoms with E-state index in [4.69, 9.17) is 4.74 Å². The van der Waals surface area contributed by atoms with E-state index in [9.17, 15) is 4.79 Å². The zero-order valence-electron chi connectivity index (χ0n) is 16.5. The third kappa shape index (κ3) is 3.79. The average molecular weight is 366 g/mol. The fraction of sp³-hybridized carbons (Fsp3) is 0.381. The highest BCUT2D eigenvalue weighted by molar-refractivity contribution is 5.93. The number of carbonyl (C=O) groups excluding carboxylic acids is 1. The summed E-state index contributed by atoms with van der Waals surface area (Å²) in [7, 11) is 3.76. The maximum atomic E-state index is 12.1. The van der Waals surface area contributed by atoms with Crippen LogP contribution in [0.2, 0.25) is 0 Å². The van der Waals surface area contributed by atoms with Crippen molar-refractivity contribution in [1.82, 2.24) is 10.4 Å². The Labute approximate surface area is 160 Å². The number of hydrazone groups is 1. The molecule has 0 fully saturated rings. The molecule has 2 aromatic rings. The van der Waals surface area contributed by atoms with Gasteiger partial charge in [-0.05, 0) is 49.9 Å². The Balaban J connectivity index is 1.86. The lowest BCUT2D eigenvalue weighted by Crippen LogP contribution is -2.45. The zero-order valence-corrected chi connectivity index (χ0v) is 16.5. The van der Waals surface area contributed by atoms with Crippen molar-refractivity contribution in [2.75, 3.05) is 19.1 Å². The lowest BCUT2D eigenvalue weighted by Gasteiger charge is -2.45. The van der Waals surface area contributed by atoms with Crippen molar-refractivity contribution in [2.24, 2.45) is 5.10 Å². The summed E-state index contributed by atoms with van der Waals surface area (Å²) in [4.78, 5) is 18.4. The van der Waals surface area contributed by atoms with Crippen LogP contribution >= 0.6 is 0 Å². The van der Waals surface area contributed by atoms with Crippen molar-refractivity contribution < 1.29 is 9.53 Å². The Morgan fingerprint density at radius 2 is 2.19 bits per heavy atom. The summed E-state index contributed by atoms with van der Waals surface area (Å²) in [5, 5.41) is 4.09. The molecule has 2 heterocycles. The van der Waals surface area contributed by atoms with Gasteiger partial charge in [0.05, 0.1) is 13.3 Å². The highest BCUT2D eigenvalue weighted by Gasteiger charge is 2.34. The molecule has 142 valence electrons. The molecule has 0 spiro atoms. The van der Waals surface area contributed by atoms with Crippen LogP contribution in [-0.4, -0.2) is 36.8 Å². The predicted molar refractivity (Wildman–Crippen MR) is 108 cm³/mol. The van der Waals surface area contributed by atoms with Crippen molar-refractivity contribution in [3.05, 3.63) is 53.3 Å². The first-order chi connectivity index (χ1) is 12.8. The minimum Gasteiger partial charge on any atom is -0.496 e. The van der Waals surface area contributed by atoms with Gasteiger partial charge < -0.3 is 9.64 Å². The van der Waals surface area contributed by atoms with Crippen LogP contribution in [0.5, 0.6) is 5.75 Å². The van der Waals surface area contributed by atoms with E-state index in [0.717, 1.165) is 17.7 Å². The summed E-state index contributed by atoms with van der Waals surface area (Å²) >= 11 is 0. The summed E-state index contributed by atoms with van der Waals surface area (Å²) in [6.07, 6.45) is 4.26. The van der Waals surface area contributed by atoms with Crippen LogP contribution in [0.15, 0.2) is 41.6 Å².